The van der Waals surface area contributed by atoms with E-state index in [1.165, 1.54) is 12.8 Å². The predicted molar refractivity (Wildman–Crippen MR) is 116 cm³/mol. The van der Waals surface area contributed by atoms with Crippen LogP contribution < -0.4 is 10.6 Å². The number of aryl methyl sites for hydroxylation is 1. The normalized spacial score (nSPS) is 19.0. The molecule has 6 nitrogen and oxygen atoms in total. The standard InChI is InChI=1S/C23H32N4O2/c1-16-8-6-10-18(14-16)21-19(15-25-23(27-21)24-12-7-13-29-3)22(28)26-20-11-5-4-9-17(20)2/h6,8,10,14-15,17,20H,4-5,7,9,11-13H2,1-3H3,(H,26,28)(H,24,25,27). The minimum atomic E-state index is -0.0915. The first-order chi connectivity index (χ1) is 14.1. The Kier molecular flexibility index (Phi) is 7.58. The Morgan fingerprint density at radius 2 is 2.10 bits per heavy atom. The summed E-state index contributed by atoms with van der Waals surface area (Å²) in [6.07, 6.45) is 7.12. The molecular weight excluding hydrogens is 364 g/mol. The van der Waals surface area contributed by atoms with E-state index in [0.717, 1.165) is 30.4 Å². The Hall–Kier alpha value is -2.47. The van der Waals surface area contributed by atoms with Crippen LogP contribution in [0.1, 0.15) is 54.9 Å². The van der Waals surface area contributed by atoms with Gasteiger partial charge in [0.05, 0.1) is 11.3 Å². The van der Waals surface area contributed by atoms with Gasteiger partial charge in [-0.3, -0.25) is 4.79 Å². The maximum atomic E-state index is 13.1. The molecule has 1 heterocycles. The van der Waals surface area contributed by atoms with Gasteiger partial charge in [0.25, 0.3) is 5.91 Å². The third kappa shape index (κ3) is 5.76. The van der Waals surface area contributed by atoms with Crippen LogP contribution in [0.25, 0.3) is 11.3 Å². The average molecular weight is 397 g/mol. The van der Waals surface area contributed by atoms with Gasteiger partial charge in [-0.25, -0.2) is 9.97 Å². The van der Waals surface area contributed by atoms with Gasteiger partial charge >= 0.3 is 0 Å². The van der Waals surface area contributed by atoms with Crippen molar-refractivity contribution in [3.8, 4) is 11.3 Å². The van der Waals surface area contributed by atoms with Crippen molar-refractivity contribution in [2.24, 2.45) is 5.92 Å². The molecule has 0 spiro atoms. The maximum absolute atomic E-state index is 13.1. The zero-order valence-corrected chi connectivity index (χ0v) is 17.7. The van der Waals surface area contributed by atoms with Crippen molar-refractivity contribution in [2.75, 3.05) is 25.6 Å². The van der Waals surface area contributed by atoms with Crippen molar-refractivity contribution in [1.82, 2.24) is 15.3 Å². The minimum absolute atomic E-state index is 0.0915. The third-order valence-electron chi connectivity index (χ3n) is 5.56. The summed E-state index contributed by atoms with van der Waals surface area (Å²) in [7, 11) is 1.69. The van der Waals surface area contributed by atoms with Crippen LogP contribution in [0.4, 0.5) is 5.95 Å². The van der Waals surface area contributed by atoms with Crippen molar-refractivity contribution in [3.63, 3.8) is 0 Å². The van der Waals surface area contributed by atoms with E-state index in [0.29, 0.717) is 36.3 Å². The van der Waals surface area contributed by atoms with E-state index in [9.17, 15) is 4.79 Å². The molecule has 1 aliphatic rings. The molecule has 2 N–H and O–H groups in total. The van der Waals surface area contributed by atoms with Crippen molar-refractivity contribution in [3.05, 3.63) is 41.6 Å². The van der Waals surface area contributed by atoms with E-state index in [1.807, 2.05) is 25.1 Å². The van der Waals surface area contributed by atoms with Gasteiger partial charge in [0.1, 0.15) is 0 Å². The second-order valence-electron chi connectivity index (χ2n) is 7.94. The first kappa shape index (κ1) is 21.2. The molecular formula is C23H32N4O2. The Bertz CT molecular complexity index is 824. The number of nitrogens with one attached hydrogen (secondary N) is 2. The zero-order valence-electron chi connectivity index (χ0n) is 17.7. The fourth-order valence-electron chi connectivity index (χ4n) is 3.84. The molecule has 2 unspecified atom stereocenters. The van der Waals surface area contributed by atoms with Crippen LogP contribution >= 0.6 is 0 Å². The quantitative estimate of drug-likeness (QED) is 0.654. The molecule has 6 heteroatoms. The van der Waals surface area contributed by atoms with Gasteiger partial charge in [-0.05, 0) is 38.2 Å². The highest BCUT2D eigenvalue weighted by atomic mass is 16.5. The number of methoxy groups -OCH3 is 1. The molecule has 0 radical (unpaired) electrons. The van der Waals surface area contributed by atoms with Crippen LogP contribution in [-0.4, -0.2) is 42.2 Å². The molecule has 0 bridgehead atoms. The summed E-state index contributed by atoms with van der Waals surface area (Å²) in [6.45, 7) is 5.65. The van der Waals surface area contributed by atoms with Gasteiger partial charge in [-0.2, -0.15) is 0 Å². The Balaban J connectivity index is 1.85. The van der Waals surface area contributed by atoms with E-state index < -0.39 is 0 Å². The van der Waals surface area contributed by atoms with Crippen LogP contribution in [0.5, 0.6) is 0 Å². The van der Waals surface area contributed by atoms with Crippen LogP contribution in [-0.2, 0) is 4.74 Å². The van der Waals surface area contributed by atoms with Crippen molar-refractivity contribution in [1.29, 1.82) is 0 Å². The molecule has 1 aliphatic carbocycles. The van der Waals surface area contributed by atoms with Gasteiger partial charge < -0.3 is 15.4 Å². The summed E-state index contributed by atoms with van der Waals surface area (Å²) in [5.74, 6) is 0.934. The lowest BCUT2D eigenvalue weighted by atomic mass is 9.86. The highest BCUT2D eigenvalue weighted by Crippen LogP contribution is 2.26. The molecule has 1 amide bonds. The van der Waals surface area contributed by atoms with Gasteiger partial charge in [0.15, 0.2) is 0 Å². The number of nitrogens with zero attached hydrogens (tertiary/aromatic N) is 2. The summed E-state index contributed by atoms with van der Waals surface area (Å²) >= 11 is 0. The number of ether oxygens (including phenoxy) is 1. The van der Waals surface area contributed by atoms with Crippen LogP contribution in [0.2, 0.25) is 0 Å². The van der Waals surface area contributed by atoms with Gasteiger partial charge in [0, 0.05) is 38.1 Å². The van der Waals surface area contributed by atoms with E-state index in [2.05, 4.69) is 28.6 Å². The summed E-state index contributed by atoms with van der Waals surface area (Å²) in [5, 5.41) is 6.46. The molecule has 1 fully saturated rings. The first-order valence-electron chi connectivity index (χ1n) is 10.6. The lowest BCUT2D eigenvalue weighted by molar-refractivity contribution is 0.0910. The lowest BCUT2D eigenvalue weighted by Crippen LogP contribution is -2.41. The molecule has 3 rings (SSSR count). The van der Waals surface area contributed by atoms with E-state index >= 15 is 0 Å². The van der Waals surface area contributed by atoms with Crippen molar-refractivity contribution in [2.45, 2.75) is 52.0 Å². The third-order valence-corrected chi connectivity index (χ3v) is 5.56. The zero-order chi connectivity index (χ0) is 20.6. The Morgan fingerprint density at radius 3 is 2.86 bits per heavy atom. The molecule has 1 saturated carbocycles. The Morgan fingerprint density at radius 1 is 1.28 bits per heavy atom. The molecule has 2 aromatic rings. The van der Waals surface area contributed by atoms with E-state index in [1.54, 1.807) is 13.3 Å². The Labute approximate surface area is 173 Å². The van der Waals surface area contributed by atoms with Crippen molar-refractivity contribution >= 4 is 11.9 Å². The number of amides is 1. The molecule has 0 saturated heterocycles. The highest BCUT2D eigenvalue weighted by Gasteiger charge is 2.25. The summed E-state index contributed by atoms with van der Waals surface area (Å²) in [5.41, 5.74) is 3.24. The topological polar surface area (TPSA) is 76.1 Å². The minimum Gasteiger partial charge on any atom is -0.385 e. The molecule has 0 aliphatic heterocycles. The molecule has 1 aromatic heterocycles. The fourth-order valence-corrected chi connectivity index (χ4v) is 3.84. The predicted octanol–water partition coefficient (Wildman–Crippen LogP) is 4.21. The monoisotopic (exact) mass is 396 g/mol. The average Bonchev–Trinajstić information content (AvgIpc) is 2.73. The number of hydrogen-bond acceptors (Lipinski definition) is 5. The number of aromatic nitrogens is 2. The second kappa shape index (κ2) is 10.3. The SMILES string of the molecule is COCCCNc1ncc(C(=O)NC2CCCCC2C)c(-c2cccc(C)c2)n1. The van der Waals surface area contributed by atoms with Crippen LogP contribution in [0.15, 0.2) is 30.5 Å². The van der Waals surface area contributed by atoms with E-state index in [-0.39, 0.29) is 11.9 Å². The molecule has 29 heavy (non-hydrogen) atoms. The largest absolute Gasteiger partial charge is 0.385 e. The van der Waals surface area contributed by atoms with Crippen LogP contribution in [0.3, 0.4) is 0 Å². The molecule has 1 aromatic carbocycles. The number of carbonyl (C=O) groups is 1. The number of carbonyl (C=O) groups excluding carboxylic acids is 1. The molecule has 2 atom stereocenters. The summed E-state index contributed by atoms with van der Waals surface area (Å²) in [4.78, 5) is 22.2. The van der Waals surface area contributed by atoms with E-state index in [4.69, 9.17) is 9.72 Å². The second-order valence-corrected chi connectivity index (χ2v) is 7.94. The smallest absolute Gasteiger partial charge is 0.255 e. The number of anilines is 1. The fraction of sp³-hybridized carbons (Fsp3) is 0.522. The number of hydrogen-bond donors (Lipinski definition) is 2. The van der Waals surface area contributed by atoms with Crippen molar-refractivity contribution < 1.29 is 9.53 Å². The first-order valence-corrected chi connectivity index (χ1v) is 10.6. The molecule has 156 valence electrons. The maximum Gasteiger partial charge on any atom is 0.255 e. The van der Waals surface area contributed by atoms with Gasteiger partial charge in [-0.1, -0.05) is 43.5 Å². The number of rotatable bonds is 8. The van der Waals surface area contributed by atoms with Gasteiger partial charge in [0.2, 0.25) is 5.95 Å². The summed E-state index contributed by atoms with van der Waals surface area (Å²) in [6, 6.07) is 8.29. The highest BCUT2D eigenvalue weighted by molar-refractivity contribution is 6.00. The summed E-state index contributed by atoms with van der Waals surface area (Å²) < 4.78 is 5.08. The van der Waals surface area contributed by atoms with Gasteiger partial charge in [-0.15, -0.1) is 0 Å². The lowest BCUT2D eigenvalue weighted by Gasteiger charge is -2.29. The van der Waals surface area contributed by atoms with Crippen LogP contribution in [0, 0.1) is 12.8 Å². The number of benzene rings is 1.